The van der Waals surface area contributed by atoms with E-state index >= 15 is 0 Å². The van der Waals surface area contributed by atoms with Crippen LogP contribution in [-0.2, 0) is 17.6 Å². The minimum Gasteiger partial charge on any atom is -0.353 e. The number of carbonyl (C=O) groups excluding carboxylic acids is 1. The van der Waals surface area contributed by atoms with Crippen LogP contribution in [0.5, 0.6) is 0 Å². The molecule has 4 aromatic rings. The predicted octanol–water partition coefficient (Wildman–Crippen LogP) is 5.75. The Bertz CT molecular complexity index is 1120. The van der Waals surface area contributed by atoms with E-state index in [1.54, 1.807) is 0 Å². The SMILES string of the molecule is CCc1ccccc1NC(=O)CCCc1c(-c2ccccn2)[nH]c2ccccc12. The number of anilines is 1. The molecule has 0 aliphatic heterocycles. The van der Waals surface area contributed by atoms with Crippen molar-refractivity contribution in [1.82, 2.24) is 9.97 Å². The number of nitrogens with zero attached hydrogens (tertiary/aromatic N) is 1. The molecule has 2 aromatic heterocycles. The van der Waals surface area contributed by atoms with Gasteiger partial charge in [0.2, 0.25) is 5.91 Å². The Morgan fingerprint density at radius 1 is 1.00 bits per heavy atom. The number of pyridine rings is 1. The summed E-state index contributed by atoms with van der Waals surface area (Å²) in [6, 6.07) is 22.2. The van der Waals surface area contributed by atoms with Gasteiger partial charge in [-0.2, -0.15) is 0 Å². The molecule has 0 aliphatic rings. The van der Waals surface area contributed by atoms with Gasteiger partial charge in [-0.3, -0.25) is 9.78 Å². The summed E-state index contributed by atoms with van der Waals surface area (Å²) in [5.41, 5.74) is 6.38. The minimum atomic E-state index is 0.0603. The van der Waals surface area contributed by atoms with Gasteiger partial charge < -0.3 is 10.3 Å². The van der Waals surface area contributed by atoms with Crippen molar-refractivity contribution >= 4 is 22.5 Å². The molecule has 0 radical (unpaired) electrons. The monoisotopic (exact) mass is 383 g/mol. The number of hydrogen-bond acceptors (Lipinski definition) is 2. The van der Waals surface area contributed by atoms with Crippen LogP contribution in [0.4, 0.5) is 5.69 Å². The molecular weight excluding hydrogens is 358 g/mol. The van der Waals surface area contributed by atoms with Gasteiger partial charge in [0.1, 0.15) is 0 Å². The highest BCUT2D eigenvalue weighted by molar-refractivity contribution is 5.92. The summed E-state index contributed by atoms with van der Waals surface area (Å²) in [6.45, 7) is 2.10. The maximum absolute atomic E-state index is 12.5. The second kappa shape index (κ2) is 8.74. The summed E-state index contributed by atoms with van der Waals surface area (Å²) < 4.78 is 0. The van der Waals surface area contributed by atoms with E-state index in [9.17, 15) is 4.79 Å². The Hall–Kier alpha value is -3.40. The number of fused-ring (bicyclic) bond motifs is 1. The number of aromatic amines is 1. The molecular formula is C25H25N3O. The van der Waals surface area contributed by atoms with Gasteiger partial charge in [-0.05, 0) is 54.7 Å². The van der Waals surface area contributed by atoms with Crippen LogP contribution in [0.2, 0.25) is 0 Å². The first kappa shape index (κ1) is 18.9. The fraction of sp³-hybridized carbons (Fsp3) is 0.200. The summed E-state index contributed by atoms with van der Waals surface area (Å²) >= 11 is 0. The summed E-state index contributed by atoms with van der Waals surface area (Å²) in [5, 5.41) is 4.26. The fourth-order valence-electron chi connectivity index (χ4n) is 3.78. The smallest absolute Gasteiger partial charge is 0.224 e. The van der Waals surface area contributed by atoms with Crippen molar-refractivity contribution in [3.05, 3.63) is 84.1 Å². The van der Waals surface area contributed by atoms with E-state index in [1.165, 1.54) is 10.9 Å². The number of hydrogen-bond donors (Lipinski definition) is 2. The molecule has 2 N–H and O–H groups in total. The van der Waals surface area contributed by atoms with Gasteiger partial charge >= 0.3 is 0 Å². The molecule has 0 saturated heterocycles. The van der Waals surface area contributed by atoms with E-state index in [0.29, 0.717) is 6.42 Å². The van der Waals surface area contributed by atoms with Gasteiger partial charge in [0, 0.05) is 29.2 Å². The molecule has 2 heterocycles. The van der Waals surface area contributed by atoms with Crippen molar-refractivity contribution in [1.29, 1.82) is 0 Å². The zero-order chi connectivity index (χ0) is 20.1. The second-order valence-electron chi connectivity index (χ2n) is 7.15. The lowest BCUT2D eigenvalue weighted by molar-refractivity contribution is -0.116. The average Bonchev–Trinajstić information content (AvgIpc) is 3.13. The molecule has 0 spiro atoms. The number of benzene rings is 2. The lowest BCUT2D eigenvalue weighted by Crippen LogP contribution is -2.12. The molecule has 4 rings (SSSR count). The van der Waals surface area contributed by atoms with Gasteiger partial charge in [0.05, 0.1) is 11.4 Å². The lowest BCUT2D eigenvalue weighted by Gasteiger charge is -2.10. The first-order valence-electron chi connectivity index (χ1n) is 10.1. The number of amides is 1. The van der Waals surface area contributed by atoms with Crippen molar-refractivity contribution in [2.24, 2.45) is 0 Å². The molecule has 0 bridgehead atoms. The lowest BCUT2D eigenvalue weighted by atomic mass is 10.0. The third-order valence-electron chi connectivity index (χ3n) is 5.24. The number of aryl methyl sites for hydroxylation is 2. The molecule has 1 amide bonds. The van der Waals surface area contributed by atoms with Gasteiger partial charge in [-0.25, -0.2) is 0 Å². The molecule has 0 aliphatic carbocycles. The Kier molecular flexibility index (Phi) is 5.71. The van der Waals surface area contributed by atoms with E-state index in [4.69, 9.17) is 0 Å². The number of nitrogens with one attached hydrogen (secondary N) is 2. The summed E-state index contributed by atoms with van der Waals surface area (Å²) in [7, 11) is 0. The van der Waals surface area contributed by atoms with Gasteiger partial charge in [-0.1, -0.05) is 49.4 Å². The van der Waals surface area contributed by atoms with Gasteiger partial charge in [-0.15, -0.1) is 0 Å². The van der Waals surface area contributed by atoms with Crippen LogP contribution in [0.15, 0.2) is 72.9 Å². The Morgan fingerprint density at radius 3 is 2.62 bits per heavy atom. The van der Waals surface area contributed by atoms with Crippen LogP contribution in [0.3, 0.4) is 0 Å². The first-order valence-corrected chi connectivity index (χ1v) is 10.1. The van der Waals surface area contributed by atoms with Crippen LogP contribution in [0.25, 0.3) is 22.3 Å². The van der Waals surface area contributed by atoms with Crippen molar-refractivity contribution in [3.63, 3.8) is 0 Å². The normalized spacial score (nSPS) is 10.9. The quantitative estimate of drug-likeness (QED) is 0.427. The van der Waals surface area contributed by atoms with Crippen molar-refractivity contribution in [3.8, 4) is 11.4 Å². The highest BCUT2D eigenvalue weighted by atomic mass is 16.1. The third-order valence-corrected chi connectivity index (χ3v) is 5.24. The van der Waals surface area contributed by atoms with Crippen LogP contribution < -0.4 is 5.32 Å². The highest BCUT2D eigenvalue weighted by Gasteiger charge is 2.14. The molecule has 4 heteroatoms. The Labute approximate surface area is 171 Å². The zero-order valence-electron chi connectivity index (χ0n) is 16.6. The maximum Gasteiger partial charge on any atom is 0.224 e. The summed E-state index contributed by atoms with van der Waals surface area (Å²) in [4.78, 5) is 20.5. The van der Waals surface area contributed by atoms with Crippen LogP contribution in [-0.4, -0.2) is 15.9 Å². The molecule has 2 aromatic carbocycles. The van der Waals surface area contributed by atoms with Crippen molar-refractivity contribution < 1.29 is 4.79 Å². The maximum atomic E-state index is 12.5. The second-order valence-corrected chi connectivity index (χ2v) is 7.15. The minimum absolute atomic E-state index is 0.0603. The Balaban J connectivity index is 1.49. The number of para-hydroxylation sites is 2. The van der Waals surface area contributed by atoms with E-state index in [1.807, 2.05) is 48.7 Å². The van der Waals surface area contributed by atoms with Crippen LogP contribution >= 0.6 is 0 Å². The number of carbonyl (C=O) groups is 1. The molecule has 4 nitrogen and oxygen atoms in total. The average molecular weight is 383 g/mol. The van der Waals surface area contributed by atoms with E-state index < -0.39 is 0 Å². The van der Waals surface area contributed by atoms with Crippen LogP contribution in [0, 0.1) is 0 Å². The number of aromatic nitrogens is 2. The zero-order valence-corrected chi connectivity index (χ0v) is 16.6. The molecule has 146 valence electrons. The van der Waals surface area contributed by atoms with E-state index in [-0.39, 0.29) is 5.91 Å². The van der Waals surface area contributed by atoms with Gasteiger partial charge in [0.15, 0.2) is 0 Å². The number of H-pyrrole nitrogens is 1. The van der Waals surface area contributed by atoms with E-state index in [0.717, 1.165) is 47.4 Å². The third kappa shape index (κ3) is 4.21. The summed E-state index contributed by atoms with van der Waals surface area (Å²) in [6.07, 6.45) is 4.79. The van der Waals surface area contributed by atoms with E-state index in [2.05, 4.69) is 46.5 Å². The van der Waals surface area contributed by atoms with Crippen LogP contribution in [0.1, 0.15) is 30.9 Å². The molecule has 0 unspecified atom stereocenters. The largest absolute Gasteiger partial charge is 0.353 e. The number of rotatable bonds is 7. The standard InChI is InChI=1S/C25H25N3O/c1-2-18-10-3-5-13-21(18)27-24(29)16-9-12-20-19-11-4-6-14-22(19)28-25(20)23-15-7-8-17-26-23/h3-8,10-11,13-15,17,28H,2,9,12,16H2,1H3,(H,27,29). The first-order chi connectivity index (χ1) is 14.3. The molecule has 0 fully saturated rings. The summed E-state index contributed by atoms with van der Waals surface area (Å²) in [5.74, 6) is 0.0603. The van der Waals surface area contributed by atoms with Crippen molar-refractivity contribution in [2.45, 2.75) is 32.6 Å². The topological polar surface area (TPSA) is 57.8 Å². The molecule has 0 saturated carbocycles. The van der Waals surface area contributed by atoms with Crippen molar-refractivity contribution in [2.75, 3.05) is 5.32 Å². The molecule has 0 atom stereocenters. The Morgan fingerprint density at radius 2 is 1.79 bits per heavy atom. The predicted molar refractivity (Wildman–Crippen MR) is 119 cm³/mol. The fourth-order valence-corrected chi connectivity index (χ4v) is 3.78. The highest BCUT2D eigenvalue weighted by Crippen LogP contribution is 2.30. The van der Waals surface area contributed by atoms with Gasteiger partial charge in [0.25, 0.3) is 0 Å². The molecule has 29 heavy (non-hydrogen) atoms.